The molecule has 50 heavy (non-hydrogen) atoms. The summed E-state index contributed by atoms with van der Waals surface area (Å²) in [5.41, 5.74) is 14.7. The second kappa shape index (κ2) is 12.2. The van der Waals surface area contributed by atoms with Crippen molar-refractivity contribution < 1.29 is 0 Å². The molecule has 0 amide bonds. The highest BCUT2D eigenvalue weighted by atomic mass is 35.5. The molecular weight excluding hydrogens is 632 g/mol. The van der Waals surface area contributed by atoms with Gasteiger partial charge in [0.25, 0.3) is 0 Å². The van der Waals surface area contributed by atoms with Gasteiger partial charge in [-0.3, -0.25) is 9.98 Å². The van der Waals surface area contributed by atoms with Crippen molar-refractivity contribution >= 4 is 30.0 Å². The number of hydrogen-bond acceptors (Lipinski definition) is 2. The largest absolute Gasteiger partial charge is 0.261 e. The molecule has 4 nitrogen and oxygen atoms in total. The van der Waals surface area contributed by atoms with Crippen LogP contribution in [0.3, 0.4) is 0 Å². The fraction of sp³-hybridized carbons (Fsp3) is 0.156. The number of fused-ring (bicyclic) bond motifs is 6. The summed E-state index contributed by atoms with van der Waals surface area (Å²) in [6, 6.07) is 42.2. The van der Waals surface area contributed by atoms with Crippen LogP contribution in [0.25, 0.3) is 33.5 Å². The first-order chi connectivity index (χ1) is 24.1. The van der Waals surface area contributed by atoms with E-state index in [9.17, 15) is 0 Å². The van der Waals surface area contributed by atoms with Gasteiger partial charge in [0.2, 0.25) is 0 Å². The summed E-state index contributed by atoms with van der Waals surface area (Å²) in [6.45, 7) is 13.5. The first-order valence-corrected chi connectivity index (χ1v) is 17.3. The van der Waals surface area contributed by atoms with Gasteiger partial charge in [-0.2, -0.15) is 0 Å². The summed E-state index contributed by atoms with van der Waals surface area (Å²) in [5.74, 6) is 1.13. The molecule has 1 heterocycles. The first kappa shape index (κ1) is 31.8. The smallest absolute Gasteiger partial charge is 0.161 e. The van der Waals surface area contributed by atoms with Gasteiger partial charge < -0.3 is 0 Å². The molecule has 5 aromatic carbocycles. The van der Waals surface area contributed by atoms with Crippen LogP contribution >= 0.6 is 11.6 Å². The van der Waals surface area contributed by atoms with E-state index in [1.165, 1.54) is 44.5 Å². The Morgan fingerprint density at radius 3 is 1.70 bits per heavy atom. The van der Waals surface area contributed by atoms with E-state index in [1.54, 1.807) is 0 Å². The first-order valence-electron chi connectivity index (χ1n) is 17.0. The molecule has 2 aliphatic carbocycles. The zero-order chi connectivity index (χ0) is 34.6. The third kappa shape index (κ3) is 5.32. The quantitative estimate of drug-likeness (QED) is 0.133. The molecule has 0 radical (unpaired) electrons. The van der Waals surface area contributed by atoms with E-state index in [0.29, 0.717) is 23.2 Å². The van der Waals surface area contributed by atoms with Crippen molar-refractivity contribution in [1.82, 2.24) is 4.98 Å². The van der Waals surface area contributed by atoms with E-state index in [2.05, 4.69) is 130 Å². The minimum atomic E-state index is -0.0924. The number of pyridine rings is 1. The number of hydrogen-bond donors (Lipinski definition) is 0. The summed E-state index contributed by atoms with van der Waals surface area (Å²) in [6.07, 6.45) is 1.88. The normalized spacial score (nSPS) is 15.2. The predicted molar refractivity (Wildman–Crippen MR) is 209 cm³/mol. The van der Waals surface area contributed by atoms with Crippen LogP contribution in [0.5, 0.6) is 0 Å². The summed E-state index contributed by atoms with van der Waals surface area (Å²) >= 11 is 6.10. The molecule has 0 saturated heterocycles. The highest BCUT2D eigenvalue weighted by Crippen LogP contribution is 2.50. The summed E-state index contributed by atoms with van der Waals surface area (Å²) < 4.78 is 0. The SMILES string of the molecule is C=NC(=NC(=NCc1ccc(-c2ccc(Cl)cc2)nc1)c1ccc2c(c1)-c1ccccc1C2(C)C)c1ccc2c(c1)-c1ccccc1C2(C)C. The number of benzene rings is 5. The average Bonchev–Trinajstić information content (AvgIpc) is 3.51. The Balaban J connectivity index is 1.21. The molecule has 0 aliphatic heterocycles. The van der Waals surface area contributed by atoms with Crippen LogP contribution < -0.4 is 0 Å². The van der Waals surface area contributed by atoms with Gasteiger partial charge >= 0.3 is 0 Å². The standard InChI is InChI=1S/C45H37ClN4/c1-44(2)37-12-8-6-10-33(37)35-24-30(17-21-39(35)44)42(47-5)50-43(49-27-28-14-23-41(48-26-28)29-15-19-32(46)20-16-29)31-18-22-40-36(25-31)34-11-7-9-13-38(34)45(40,3)4/h6-26H,5,27H2,1-4H3. The van der Waals surface area contributed by atoms with Crippen LogP contribution in [-0.4, -0.2) is 23.4 Å². The number of nitrogens with zero attached hydrogens (tertiary/aromatic N) is 4. The van der Waals surface area contributed by atoms with Gasteiger partial charge in [-0.1, -0.05) is 130 Å². The second-order valence-corrected chi connectivity index (χ2v) is 14.6. The van der Waals surface area contributed by atoms with Gasteiger partial charge in [-0.15, -0.1) is 0 Å². The minimum Gasteiger partial charge on any atom is -0.261 e. The van der Waals surface area contributed by atoms with E-state index in [0.717, 1.165) is 27.9 Å². The molecule has 0 fully saturated rings. The van der Waals surface area contributed by atoms with Gasteiger partial charge in [0.15, 0.2) is 11.7 Å². The molecule has 0 spiro atoms. The van der Waals surface area contributed by atoms with Crippen LogP contribution in [0.15, 0.2) is 143 Å². The maximum absolute atomic E-state index is 6.10. The molecule has 0 saturated carbocycles. The Bertz CT molecular complexity index is 2360. The average molecular weight is 669 g/mol. The molecule has 0 atom stereocenters. The molecule has 5 heteroatoms. The fourth-order valence-corrected chi connectivity index (χ4v) is 7.80. The van der Waals surface area contributed by atoms with Crippen LogP contribution in [0.4, 0.5) is 0 Å². The molecule has 244 valence electrons. The van der Waals surface area contributed by atoms with Gasteiger partial charge in [-0.25, -0.2) is 9.98 Å². The molecule has 1 aromatic heterocycles. The van der Waals surface area contributed by atoms with E-state index in [1.807, 2.05) is 36.5 Å². The molecular formula is C45H37ClN4. The maximum atomic E-state index is 6.10. The Hall–Kier alpha value is -5.45. The van der Waals surface area contributed by atoms with E-state index in [4.69, 9.17) is 26.6 Å². The topological polar surface area (TPSA) is 50.0 Å². The summed E-state index contributed by atoms with van der Waals surface area (Å²) in [7, 11) is 0. The monoisotopic (exact) mass is 668 g/mol. The van der Waals surface area contributed by atoms with Gasteiger partial charge in [0.1, 0.15) is 0 Å². The molecule has 0 unspecified atom stereocenters. The van der Waals surface area contributed by atoms with Crippen LogP contribution in [0, 0.1) is 0 Å². The zero-order valence-electron chi connectivity index (χ0n) is 28.7. The molecule has 8 rings (SSSR count). The Labute approximate surface area is 299 Å². The van der Waals surface area contributed by atoms with Crippen LogP contribution in [0.2, 0.25) is 5.02 Å². The van der Waals surface area contributed by atoms with E-state index < -0.39 is 0 Å². The zero-order valence-corrected chi connectivity index (χ0v) is 29.5. The van der Waals surface area contributed by atoms with Gasteiger partial charge in [-0.05, 0) is 87.1 Å². The third-order valence-electron chi connectivity index (χ3n) is 10.4. The van der Waals surface area contributed by atoms with Gasteiger partial charge in [0.05, 0.1) is 12.2 Å². The fourth-order valence-electron chi connectivity index (χ4n) is 7.68. The lowest BCUT2D eigenvalue weighted by Crippen LogP contribution is -2.15. The number of aliphatic imine (C=N–C) groups is 3. The van der Waals surface area contributed by atoms with E-state index >= 15 is 0 Å². The van der Waals surface area contributed by atoms with Crippen molar-refractivity contribution in [1.29, 1.82) is 0 Å². The van der Waals surface area contributed by atoms with Crippen LogP contribution in [0.1, 0.15) is 66.6 Å². The van der Waals surface area contributed by atoms with Crippen molar-refractivity contribution in [3.63, 3.8) is 0 Å². The number of amidine groups is 2. The Morgan fingerprint density at radius 2 is 1.16 bits per heavy atom. The maximum Gasteiger partial charge on any atom is 0.161 e. The highest BCUT2D eigenvalue weighted by molar-refractivity contribution is 6.30. The van der Waals surface area contributed by atoms with Crippen LogP contribution in [-0.2, 0) is 17.4 Å². The molecule has 0 bridgehead atoms. The van der Waals surface area contributed by atoms with Crippen molar-refractivity contribution in [2.75, 3.05) is 0 Å². The molecule has 0 N–H and O–H groups in total. The van der Waals surface area contributed by atoms with Crippen molar-refractivity contribution in [3.05, 3.63) is 171 Å². The van der Waals surface area contributed by atoms with E-state index in [-0.39, 0.29) is 10.8 Å². The number of halogens is 1. The van der Waals surface area contributed by atoms with Gasteiger partial charge in [0, 0.05) is 38.7 Å². The Kier molecular flexibility index (Phi) is 7.73. The van der Waals surface area contributed by atoms with Crippen molar-refractivity contribution in [2.24, 2.45) is 15.0 Å². The Morgan fingerprint density at radius 1 is 0.620 bits per heavy atom. The highest BCUT2D eigenvalue weighted by Gasteiger charge is 2.36. The molecule has 6 aromatic rings. The summed E-state index contributed by atoms with van der Waals surface area (Å²) in [4.78, 5) is 19.5. The lowest BCUT2D eigenvalue weighted by molar-refractivity contribution is 0.660. The van der Waals surface area contributed by atoms with Crippen molar-refractivity contribution in [2.45, 2.75) is 45.1 Å². The predicted octanol–water partition coefficient (Wildman–Crippen LogP) is 11.1. The lowest BCUT2D eigenvalue weighted by atomic mass is 9.82. The third-order valence-corrected chi connectivity index (χ3v) is 10.7. The minimum absolute atomic E-state index is 0.0817. The number of rotatable bonds is 5. The van der Waals surface area contributed by atoms with Crippen molar-refractivity contribution in [3.8, 4) is 33.5 Å². The second-order valence-electron chi connectivity index (χ2n) is 14.2. The number of aromatic nitrogens is 1. The lowest BCUT2D eigenvalue weighted by Gasteiger charge is -2.21. The summed E-state index contributed by atoms with van der Waals surface area (Å²) in [5, 5.41) is 0.702. The molecule has 2 aliphatic rings.